The summed E-state index contributed by atoms with van der Waals surface area (Å²) in [5, 5.41) is 0. The molecule has 25 heavy (non-hydrogen) atoms. The quantitative estimate of drug-likeness (QED) is 0.760. The highest BCUT2D eigenvalue weighted by Gasteiger charge is 2.38. The van der Waals surface area contributed by atoms with Crippen molar-refractivity contribution in [3.05, 3.63) is 22.6 Å². The SMILES string of the molecule is O=C(CC1CCN(c2ncc(Br)cc2F)CC1)N1CC2CCCC2C1. The number of rotatable bonds is 3. The number of pyridine rings is 1. The Morgan fingerprint density at radius 2 is 1.88 bits per heavy atom. The van der Waals surface area contributed by atoms with Crippen LogP contribution >= 0.6 is 15.9 Å². The molecule has 0 N–H and O–H groups in total. The second kappa shape index (κ2) is 7.22. The summed E-state index contributed by atoms with van der Waals surface area (Å²) >= 11 is 3.24. The first-order valence-corrected chi connectivity index (χ1v) is 10.2. The first-order chi connectivity index (χ1) is 12.1. The van der Waals surface area contributed by atoms with E-state index in [0.29, 0.717) is 28.5 Å². The monoisotopic (exact) mass is 409 g/mol. The third kappa shape index (κ3) is 3.69. The number of piperidine rings is 1. The molecule has 2 unspecified atom stereocenters. The molecule has 1 saturated carbocycles. The van der Waals surface area contributed by atoms with E-state index in [4.69, 9.17) is 0 Å². The zero-order valence-corrected chi connectivity index (χ0v) is 16.0. The fourth-order valence-electron chi connectivity index (χ4n) is 4.80. The van der Waals surface area contributed by atoms with Crippen LogP contribution in [0, 0.1) is 23.6 Å². The summed E-state index contributed by atoms with van der Waals surface area (Å²) in [6.45, 7) is 3.51. The van der Waals surface area contributed by atoms with E-state index in [1.807, 2.05) is 4.90 Å². The number of halogens is 2. The Hall–Kier alpha value is -1.17. The number of fused-ring (bicyclic) bond motifs is 1. The minimum absolute atomic E-state index is 0.285. The molecule has 1 aromatic heterocycles. The Labute approximate surface area is 156 Å². The van der Waals surface area contributed by atoms with Crippen LogP contribution in [0.2, 0.25) is 0 Å². The van der Waals surface area contributed by atoms with Gasteiger partial charge in [0.15, 0.2) is 11.6 Å². The van der Waals surface area contributed by atoms with Crippen molar-refractivity contribution in [2.75, 3.05) is 31.1 Å². The highest BCUT2D eigenvalue weighted by Crippen LogP contribution is 2.38. The summed E-state index contributed by atoms with van der Waals surface area (Å²) in [6.07, 6.45) is 8.11. The molecule has 0 bridgehead atoms. The number of likely N-dealkylation sites (tertiary alicyclic amines) is 1. The van der Waals surface area contributed by atoms with Crippen molar-refractivity contribution in [2.45, 2.75) is 38.5 Å². The fourth-order valence-corrected chi connectivity index (χ4v) is 5.11. The summed E-state index contributed by atoms with van der Waals surface area (Å²) < 4.78 is 14.7. The van der Waals surface area contributed by atoms with E-state index in [1.165, 1.54) is 25.3 Å². The number of nitrogens with zero attached hydrogens (tertiary/aromatic N) is 3. The van der Waals surface area contributed by atoms with Gasteiger partial charge < -0.3 is 9.80 Å². The maximum atomic E-state index is 14.1. The number of carbonyl (C=O) groups is 1. The van der Waals surface area contributed by atoms with Gasteiger partial charge in [-0.3, -0.25) is 4.79 Å². The minimum Gasteiger partial charge on any atom is -0.354 e. The minimum atomic E-state index is -0.285. The van der Waals surface area contributed by atoms with Crippen molar-refractivity contribution in [2.24, 2.45) is 17.8 Å². The van der Waals surface area contributed by atoms with E-state index in [2.05, 4.69) is 25.8 Å². The van der Waals surface area contributed by atoms with Crippen LogP contribution < -0.4 is 4.90 Å². The molecule has 2 atom stereocenters. The molecule has 4 nitrogen and oxygen atoms in total. The standard InChI is InChI=1S/C19H25BrFN3O/c20-16-9-17(21)19(22-10-16)23-6-4-13(5-7-23)8-18(25)24-11-14-2-1-3-15(14)12-24/h9-10,13-15H,1-8,11-12H2. The third-order valence-electron chi connectivity index (χ3n) is 6.24. The van der Waals surface area contributed by atoms with Crippen LogP contribution in [0.1, 0.15) is 38.5 Å². The van der Waals surface area contributed by atoms with E-state index in [-0.39, 0.29) is 5.82 Å². The van der Waals surface area contributed by atoms with Crippen LogP contribution in [-0.2, 0) is 4.79 Å². The summed E-state index contributed by atoms with van der Waals surface area (Å²) in [6, 6.07) is 1.46. The zero-order chi connectivity index (χ0) is 17.4. The van der Waals surface area contributed by atoms with E-state index in [9.17, 15) is 9.18 Å². The van der Waals surface area contributed by atoms with Gasteiger partial charge in [0.2, 0.25) is 5.91 Å². The Kier molecular flexibility index (Phi) is 4.98. The van der Waals surface area contributed by atoms with Gasteiger partial charge in [-0.05, 0) is 65.4 Å². The highest BCUT2D eigenvalue weighted by atomic mass is 79.9. The second-order valence-electron chi connectivity index (χ2n) is 7.84. The van der Waals surface area contributed by atoms with Crippen molar-refractivity contribution < 1.29 is 9.18 Å². The first kappa shape index (κ1) is 17.3. The highest BCUT2D eigenvalue weighted by molar-refractivity contribution is 9.10. The lowest BCUT2D eigenvalue weighted by Gasteiger charge is -2.33. The van der Waals surface area contributed by atoms with Crippen molar-refractivity contribution in [3.8, 4) is 0 Å². The van der Waals surface area contributed by atoms with Crippen molar-refractivity contribution in [1.82, 2.24) is 9.88 Å². The molecular formula is C19H25BrFN3O. The number of hydrogen-bond acceptors (Lipinski definition) is 3. The summed E-state index contributed by atoms with van der Waals surface area (Å²) in [4.78, 5) is 20.9. The number of anilines is 1. The summed E-state index contributed by atoms with van der Waals surface area (Å²) in [5.74, 6) is 2.42. The lowest BCUT2D eigenvalue weighted by Crippen LogP contribution is -2.37. The summed E-state index contributed by atoms with van der Waals surface area (Å²) in [5.41, 5.74) is 0. The van der Waals surface area contributed by atoms with Gasteiger partial charge in [-0.25, -0.2) is 9.37 Å². The smallest absolute Gasteiger partial charge is 0.222 e. The van der Waals surface area contributed by atoms with E-state index >= 15 is 0 Å². The van der Waals surface area contributed by atoms with Gasteiger partial charge in [0.05, 0.1) is 0 Å². The molecule has 0 radical (unpaired) electrons. The maximum Gasteiger partial charge on any atom is 0.222 e. The van der Waals surface area contributed by atoms with Crippen LogP contribution in [0.25, 0.3) is 0 Å². The third-order valence-corrected chi connectivity index (χ3v) is 6.68. The Morgan fingerprint density at radius 3 is 2.52 bits per heavy atom. The average Bonchev–Trinajstić information content (AvgIpc) is 3.17. The van der Waals surface area contributed by atoms with Gasteiger partial charge in [-0.2, -0.15) is 0 Å². The average molecular weight is 410 g/mol. The molecule has 2 saturated heterocycles. The maximum absolute atomic E-state index is 14.1. The Bertz CT molecular complexity index is 636. The molecule has 3 fully saturated rings. The van der Waals surface area contributed by atoms with Gasteiger partial charge in [0.25, 0.3) is 0 Å². The summed E-state index contributed by atoms with van der Waals surface area (Å²) in [7, 11) is 0. The van der Waals surface area contributed by atoms with Gasteiger partial charge in [0, 0.05) is 43.3 Å². The molecule has 2 aliphatic heterocycles. The fraction of sp³-hybridized carbons (Fsp3) is 0.684. The first-order valence-electron chi connectivity index (χ1n) is 9.44. The molecule has 4 rings (SSSR count). The normalized spacial score (nSPS) is 27.0. The molecule has 6 heteroatoms. The van der Waals surface area contributed by atoms with E-state index < -0.39 is 0 Å². The van der Waals surface area contributed by atoms with Gasteiger partial charge in [-0.1, -0.05) is 6.42 Å². The lowest BCUT2D eigenvalue weighted by atomic mass is 9.93. The molecule has 3 aliphatic rings. The Balaban J connectivity index is 1.28. The molecule has 1 aliphatic carbocycles. The van der Waals surface area contributed by atoms with Crippen molar-refractivity contribution >= 4 is 27.7 Å². The zero-order valence-electron chi connectivity index (χ0n) is 14.5. The Morgan fingerprint density at radius 1 is 1.20 bits per heavy atom. The van der Waals surface area contributed by atoms with Crippen LogP contribution in [0.4, 0.5) is 10.2 Å². The molecule has 1 aromatic rings. The van der Waals surface area contributed by atoms with Crippen LogP contribution in [0.15, 0.2) is 16.7 Å². The number of carbonyl (C=O) groups excluding carboxylic acids is 1. The van der Waals surface area contributed by atoms with Crippen molar-refractivity contribution in [3.63, 3.8) is 0 Å². The van der Waals surface area contributed by atoms with Crippen LogP contribution in [0.5, 0.6) is 0 Å². The molecular weight excluding hydrogens is 385 g/mol. The van der Waals surface area contributed by atoms with Gasteiger partial charge in [0.1, 0.15) is 0 Å². The van der Waals surface area contributed by atoms with Crippen LogP contribution in [-0.4, -0.2) is 42.0 Å². The molecule has 1 amide bonds. The lowest BCUT2D eigenvalue weighted by molar-refractivity contribution is -0.131. The molecule has 0 aromatic carbocycles. The predicted molar refractivity (Wildman–Crippen MR) is 98.9 cm³/mol. The topological polar surface area (TPSA) is 36.4 Å². The van der Waals surface area contributed by atoms with Gasteiger partial charge >= 0.3 is 0 Å². The van der Waals surface area contributed by atoms with Crippen LogP contribution in [0.3, 0.4) is 0 Å². The van der Waals surface area contributed by atoms with E-state index in [0.717, 1.165) is 50.9 Å². The molecule has 3 heterocycles. The van der Waals surface area contributed by atoms with E-state index in [1.54, 1.807) is 6.20 Å². The predicted octanol–water partition coefficient (Wildman–Crippen LogP) is 3.85. The van der Waals surface area contributed by atoms with Gasteiger partial charge in [-0.15, -0.1) is 0 Å². The number of amides is 1. The number of hydrogen-bond donors (Lipinski definition) is 0. The number of aromatic nitrogens is 1. The largest absolute Gasteiger partial charge is 0.354 e. The molecule has 136 valence electrons. The molecule has 0 spiro atoms. The van der Waals surface area contributed by atoms with Crippen molar-refractivity contribution in [1.29, 1.82) is 0 Å². The second-order valence-corrected chi connectivity index (χ2v) is 8.76.